The smallest absolute Gasteiger partial charge is 0.487 e. The molecule has 0 bridgehead atoms. The molecule has 6 heteroatoms. The van der Waals surface area contributed by atoms with Crippen LogP contribution in [0.25, 0.3) is 5.57 Å². The average molecular weight is 376 g/mol. The highest BCUT2D eigenvalue weighted by Gasteiger charge is 2.53. The fourth-order valence-electron chi connectivity index (χ4n) is 3.51. The molecule has 0 amide bonds. The summed E-state index contributed by atoms with van der Waals surface area (Å²) in [5.74, 6) is 0.576. The van der Waals surface area contributed by atoms with E-state index in [0.29, 0.717) is 16.9 Å². The molecule has 1 heterocycles. The molecule has 1 N–H and O–H groups in total. The number of para-hydroxylation sites is 1. The fourth-order valence-corrected chi connectivity index (χ4v) is 3.51. The summed E-state index contributed by atoms with van der Waals surface area (Å²) in [6.07, 6.45) is 2.85. The van der Waals surface area contributed by atoms with Crippen molar-refractivity contribution in [1.82, 2.24) is 0 Å². The molecule has 1 aromatic rings. The van der Waals surface area contributed by atoms with Crippen LogP contribution in [0.4, 0.5) is 4.39 Å². The summed E-state index contributed by atoms with van der Waals surface area (Å²) in [5.41, 5.74) is -0.569. The first-order valence-corrected chi connectivity index (χ1v) is 9.78. The van der Waals surface area contributed by atoms with E-state index in [4.69, 9.17) is 14.0 Å². The molecule has 2 fully saturated rings. The number of rotatable bonds is 4. The molecule has 0 spiro atoms. The topological polar surface area (TPSA) is 47.9 Å². The normalized spacial score (nSPS) is 28.0. The summed E-state index contributed by atoms with van der Waals surface area (Å²) in [6.45, 7) is 9.31. The third-order valence-electron chi connectivity index (χ3n) is 6.06. The van der Waals surface area contributed by atoms with E-state index < -0.39 is 30.2 Å². The summed E-state index contributed by atoms with van der Waals surface area (Å²) >= 11 is 0. The second-order valence-corrected chi connectivity index (χ2v) is 8.57. The van der Waals surface area contributed by atoms with Crippen LogP contribution in [-0.2, 0) is 9.31 Å². The van der Waals surface area contributed by atoms with E-state index in [1.165, 1.54) is 0 Å². The number of aliphatic hydroxyl groups excluding tert-OH is 1. The molecule has 1 aromatic carbocycles. The Morgan fingerprint density at radius 2 is 1.70 bits per heavy atom. The molecule has 0 aromatic heterocycles. The molecule has 1 saturated heterocycles. The molecular formula is C21H30BFO4. The van der Waals surface area contributed by atoms with Gasteiger partial charge in [-0.1, -0.05) is 24.6 Å². The lowest BCUT2D eigenvalue weighted by Gasteiger charge is -2.32. The van der Waals surface area contributed by atoms with Crippen LogP contribution in [0.5, 0.6) is 5.75 Å². The SMILES string of the molecule is CC(=C(F)B1OC(C)(C)C(C)(C)O1)c1ccccc1OC1CCCCC1O. The van der Waals surface area contributed by atoms with Crippen molar-refractivity contribution in [2.75, 3.05) is 0 Å². The first kappa shape index (κ1) is 20.4. The Bertz CT molecular complexity index is 700. The highest BCUT2D eigenvalue weighted by atomic mass is 19.1. The van der Waals surface area contributed by atoms with Gasteiger partial charge in [0, 0.05) is 5.56 Å². The van der Waals surface area contributed by atoms with Crippen molar-refractivity contribution < 1.29 is 23.5 Å². The third kappa shape index (κ3) is 4.08. The van der Waals surface area contributed by atoms with Gasteiger partial charge in [0.1, 0.15) is 17.6 Å². The molecule has 1 aliphatic heterocycles. The predicted octanol–water partition coefficient (Wildman–Crippen LogP) is 4.70. The zero-order valence-electron chi connectivity index (χ0n) is 16.9. The zero-order chi connectivity index (χ0) is 19.8. The molecule has 3 rings (SSSR count). The van der Waals surface area contributed by atoms with Gasteiger partial charge in [-0.3, -0.25) is 0 Å². The molecule has 4 nitrogen and oxygen atoms in total. The Morgan fingerprint density at radius 1 is 1.11 bits per heavy atom. The van der Waals surface area contributed by atoms with Crippen molar-refractivity contribution in [2.45, 2.75) is 83.7 Å². The number of halogens is 1. The van der Waals surface area contributed by atoms with Gasteiger partial charge in [0.15, 0.2) is 0 Å². The maximum Gasteiger partial charge on any atom is 0.525 e. The molecule has 2 unspecified atom stereocenters. The Labute approximate surface area is 161 Å². The molecule has 148 valence electrons. The number of aliphatic hydroxyl groups is 1. The zero-order valence-corrected chi connectivity index (χ0v) is 16.9. The summed E-state index contributed by atoms with van der Waals surface area (Å²) in [4.78, 5) is 0. The number of benzene rings is 1. The summed E-state index contributed by atoms with van der Waals surface area (Å²) in [7, 11) is -1.04. The maximum absolute atomic E-state index is 15.2. The lowest BCUT2D eigenvalue weighted by Crippen LogP contribution is -2.41. The van der Waals surface area contributed by atoms with Crippen molar-refractivity contribution in [3.05, 3.63) is 35.6 Å². The number of hydrogen-bond donors (Lipinski definition) is 1. The van der Waals surface area contributed by atoms with Gasteiger partial charge < -0.3 is 19.2 Å². The monoisotopic (exact) mass is 376 g/mol. The van der Waals surface area contributed by atoms with E-state index in [-0.39, 0.29) is 6.10 Å². The summed E-state index contributed by atoms with van der Waals surface area (Å²) in [5, 5.41) is 10.2. The van der Waals surface area contributed by atoms with Crippen LogP contribution in [0, 0.1) is 0 Å². The van der Waals surface area contributed by atoms with Crippen LogP contribution in [0.1, 0.15) is 65.9 Å². The van der Waals surface area contributed by atoms with E-state index in [2.05, 4.69) is 0 Å². The number of ether oxygens (including phenoxy) is 1. The quantitative estimate of drug-likeness (QED) is 0.774. The maximum atomic E-state index is 15.2. The number of hydrogen-bond acceptors (Lipinski definition) is 4. The van der Waals surface area contributed by atoms with E-state index in [9.17, 15) is 5.11 Å². The minimum Gasteiger partial charge on any atom is -0.487 e. The van der Waals surface area contributed by atoms with Crippen molar-refractivity contribution in [3.63, 3.8) is 0 Å². The highest BCUT2D eigenvalue weighted by Crippen LogP contribution is 2.41. The van der Waals surface area contributed by atoms with Crippen LogP contribution < -0.4 is 4.74 Å². The van der Waals surface area contributed by atoms with E-state index in [0.717, 1.165) is 25.7 Å². The van der Waals surface area contributed by atoms with Gasteiger partial charge in [-0.05, 0) is 65.5 Å². The van der Waals surface area contributed by atoms with Crippen molar-refractivity contribution in [2.24, 2.45) is 0 Å². The van der Waals surface area contributed by atoms with Crippen molar-refractivity contribution in [1.29, 1.82) is 0 Å². The first-order chi connectivity index (χ1) is 12.6. The molecule has 2 atom stereocenters. The highest BCUT2D eigenvalue weighted by molar-refractivity contribution is 6.55. The molecule has 1 saturated carbocycles. The van der Waals surface area contributed by atoms with Crippen LogP contribution in [0.15, 0.2) is 30.0 Å². The minimum atomic E-state index is -1.04. The lowest BCUT2D eigenvalue weighted by molar-refractivity contribution is 0.00578. The van der Waals surface area contributed by atoms with Crippen molar-refractivity contribution in [3.8, 4) is 5.75 Å². The van der Waals surface area contributed by atoms with Gasteiger partial charge in [-0.15, -0.1) is 0 Å². The molecule has 2 aliphatic rings. The van der Waals surface area contributed by atoms with Gasteiger partial charge in [0.05, 0.1) is 17.3 Å². The van der Waals surface area contributed by atoms with Gasteiger partial charge in [-0.25, -0.2) is 4.39 Å². The largest absolute Gasteiger partial charge is 0.525 e. The predicted molar refractivity (Wildman–Crippen MR) is 105 cm³/mol. The Balaban J connectivity index is 1.86. The lowest BCUT2D eigenvalue weighted by atomic mass is 9.83. The summed E-state index contributed by atoms with van der Waals surface area (Å²) < 4.78 is 33.0. The van der Waals surface area contributed by atoms with Crippen LogP contribution in [-0.4, -0.2) is 35.6 Å². The second kappa shape index (κ2) is 7.57. The average Bonchev–Trinajstić information content (AvgIpc) is 2.84. The molecule has 27 heavy (non-hydrogen) atoms. The molecule has 1 aliphatic carbocycles. The standard InChI is InChI=1S/C21H30BFO4/c1-14(19(23)22-26-20(2,3)21(4,5)27-22)15-10-6-8-12-17(15)25-18-13-9-7-11-16(18)24/h6,8,10,12,16,18,24H,7,9,11,13H2,1-5H3. The van der Waals surface area contributed by atoms with Crippen LogP contribution >= 0.6 is 0 Å². The fraction of sp³-hybridized carbons (Fsp3) is 0.619. The molecule has 0 radical (unpaired) electrons. The van der Waals surface area contributed by atoms with E-state index in [1.54, 1.807) is 6.92 Å². The van der Waals surface area contributed by atoms with Gasteiger partial charge in [-0.2, -0.15) is 0 Å². The second-order valence-electron chi connectivity index (χ2n) is 8.57. The number of allylic oxidation sites excluding steroid dienone is 1. The Kier molecular flexibility index (Phi) is 5.71. The molecular weight excluding hydrogens is 346 g/mol. The third-order valence-corrected chi connectivity index (χ3v) is 6.06. The Hall–Kier alpha value is -1.37. The van der Waals surface area contributed by atoms with E-state index in [1.807, 2.05) is 52.0 Å². The van der Waals surface area contributed by atoms with Crippen LogP contribution in [0.3, 0.4) is 0 Å². The minimum absolute atomic E-state index is 0.257. The van der Waals surface area contributed by atoms with Crippen molar-refractivity contribution >= 4 is 12.7 Å². The summed E-state index contributed by atoms with van der Waals surface area (Å²) in [6, 6.07) is 7.34. The first-order valence-electron chi connectivity index (χ1n) is 9.78. The van der Waals surface area contributed by atoms with Gasteiger partial charge in [0.25, 0.3) is 0 Å². The van der Waals surface area contributed by atoms with Gasteiger partial charge >= 0.3 is 7.12 Å². The van der Waals surface area contributed by atoms with Crippen LogP contribution in [0.2, 0.25) is 0 Å². The van der Waals surface area contributed by atoms with E-state index >= 15 is 4.39 Å². The van der Waals surface area contributed by atoms with Gasteiger partial charge in [0.2, 0.25) is 0 Å². The Morgan fingerprint density at radius 3 is 2.33 bits per heavy atom.